The van der Waals surface area contributed by atoms with Crippen molar-refractivity contribution in [2.75, 3.05) is 13.1 Å². The zero-order valence-corrected chi connectivity index (χ0v) is 13.5. The summed E-state index contributed by atoms with van der Waals surface area (Å²) in [7, 11) is 1.73. The molecule has 7 heteroatoms. The van der Waals surface area contributed by atoms with Crippen molar-refractivity contribution in [1.82, 2.24) is 14.7 Å². The van der Waals surface area contributed by atoms with Crippen LogP contribution < -0.4 is 0 Å². The molecule has 1 aliphatic heterocycles. The number of piperidine rings is 1. The Labute approximate surface area is 129 Å². The average molecular weight is 309 g/mol. The predicted molar refractivity (Wildman–Crippen MR) is 79.9 cm³/mol. The summed E-state index contributed by atoms with van der Waals surface area (Å²) in [5.74, 6) is -1.03. The largest absolute Gasteiger partial charge is 0.478 e. The molecule has 1 aromatic rings. The molecular weight excluding hydrogens is 286 g/mol. The van der Waals surface area contributed by atoms with E-state index in [2.05, 4.69) is 5.10 Å². The minimum absolute atomic E-state index is 0.0418. The Morgan fingerprint density at radius 2 is 2.09 bits per heavy atom. The highest BCUT2D eigenvalue weighted by Crippen LogP contribution is 2.29. The minimum Gasteiger partial charge on any atom is -0.478 e. The molecule has 1 unspecified atom stereocenters. The van der Waals surface area contributed by atoms with Crippen molar-refractivity contribution in [3.8, 4) is 0 Å². The fraction of sp³-hybridized carbons (Fsp3) is 0.667. The summed E-state index contributed by atoms with van der Waals surface area (Å²) in [6, 6.07) is 0. The number of ether oxygens (including phenoxy) is 1. The van der Waals surface area contributed by atoms with Gasteiger partial charge in [0.15, 0.2) is 0 Å². The van der Waals surface area contributed by atoms with Gasteiger partial charge in [-0.25, -0.2) is 9.59 Å². The summed E-state index contributed by atoms with van der Waals surface area (Å²) < 4.78 is 6.99. The molecule has 0 bridgehead atoms. The number of aromatic carboxylic acids is 1. The maximum atomic E-state index is 12.2. The molecule has 0 aliphatic carbocycles. The van der Waals surface area contributed by atoms with Crippen LogP contribution in [0.15, 0.2) is 6.20 Å². The molecule has 1 saturated heterocycles. The Morgan fingerprint density at radius 1 is 1.41 bits per heavy atom. The summed E-state index contributed by atoms with van der Waals surface area (Å²) in [5.41, 5.74) is 0.335. The molecule has 0 aromatic carbocycles. The first kappa shape index (κ1) is 16.3. The Hall–Kier alpha value is -2.05. The standard InChI is InChI=1S/C15H23N3O4/c1-15(2,3)22-14(21)18-7-5-6-10(9-18)12-11(13(19)20)8-16-17(12)4/h8,10H,5-7,9H2,1-4H3,(H,19,20). The number of aryl methyl sites for hydroxylation is 1. The number of carboxylic acids is 1. The highest BCUT2D eigenvalue weighted by Gasteiger charge is 2.32. The number of carboxylic acid groups (broad SMARTS) is 1. The van der Waals surface area contributed by atoms with Gasteiger partial charge in [0, 0.05) is 26.1 Å². The molecule has 22 heavy (non-hydrogen) atoms. The van der Waals surface area contributed by atoms with Gasteiger partial charge in [-0.05, 0) is 33.6 Å². The summed E-state index contributed by atoms with van der Waals surface area (Å²) in [5, 5.41) is 13.3. The van der Waals surface area contributed by atoms with Crippen LogP contribution in [-0.2, 0) is 11.8 Å². The number of carbonyl (C=O) groups excluding carboxylic acids is 1. The van der Waals surface area contributed by atoms with E-state index >= 15 is 0 Å². The predicted octanol–water partition coefficient (Wildman–Crippen LogP) is 2.23. The van der Waals surface area contributed by atoms with Gasteiger partial charge in [0.2, 0.25) is 0 Å². The number of likely N-dealkylation sites (tertiary alicyclic amines) is 1. The third-order valence-electron chi connectivity index (χ3n) is 3.67. The van der Waals surface area contributed by atoms with Gasteiger partial charge in [-0.1, -0.05) is 0 Å². The maximum absolute atomic E-state index is 12.2. The van der Waals surface area contributed by atoms with E-state index in [9.17, 15) is 14.7 Å². The van der Waals surface area contributed by atoms with Gasteiger partial charge < -0.3 is 14.7 Å². The molecule has 0 spiro atoms. The van der Waals surface area contributed by atoms with Crippen LogP contribution in [0.1, 0.15) is 55.6 Å². The number of rotatable bonds is 2. The molecule has 2 heterocycles. The quantitative estimate of drug-likeness (QED) is 0.905. The van der Waals surface area contributed by atoms with Crippen LogP contribution >= 0.6 is 0 Å². The Kier molecular flexibility index (Phi) is 4.44. The van der Waals surface area contributed by atoms with Crippen molar-refractivity contribution in [3.63, 3.8) is 0 Å². The number of carbonyl (C=O) groups is 2. The zero-order chi connectivity index (χ0) is 16.5. The third kappa shape index (κ3) is 3.58. The molecule has 7 nitrogen and oxygen atoms in total. The molecule has 1 amide bonds. The van der Waals surface area contributed by atoms with Crippen LogP contribution in [0.3, 0.4) is 0 Å². The first-order chi connectivity index (χ1) is 10.2. The molecule has 1 fully saturated rings. The van der Waals surface area contributed by atoms with Crippen LogP contribution in [0.25, 0.3) is 0 Å². The topological polar surface area (TPSA) is 84.7 Å². The second-order valence-electron chi connectivity index (χ2n) is 6.64. The zero-order valence-electron chi connectivity index (χ0n) is 13.5. The lowest BCUT2D eigenvalue weighted by Crippen LogP contribution is -2.42. The van der Waals surface area contributed by atoms with Gasteiger partial charge >= 0.3 is 12.1 Å². The van der Waals surface area contributed by atoms with Crippen LogP contribution in [-0.4, -0.2) is 50.5 Å². The summed E-state index contributed by atoms with van der Waals surface area (Å²) >= 11 is 0. The fourth-order valence-corrected chi connectivity index (χ4v) is 2.79. The normalized spacial score (nSPS) is 19.1. The van der Waals surface area contributed by atoms with Gasteiger partial charge in [-0.15, -0.1) is 0 Å². The number of hydrogen-bond acceptors (Lipinski definition) is 4. The number of aromatic nitrogens is 2. The molecule has 0 radical (unpaired) electrons. The molecular formula is C15H23N3O4. The van der Waals surface area contributed by atoms with Crippen LogP contribution in [0.5, 0.6) is 0 Å². The van der Waals surface area contributed by atoms with Crippen molar-refractivity contribution in [2.45, 2.75) is 45.1 Å². The van der Waals surface area contributed by atoms with E-state index in [1.54, 1.807) is 16.6 Å². The molecule has 122 valence electrons. The van der Waals surface area contributed by atoms with E-state index < -0.39 is 11.6 Å². The van der Waals surface area contributed by atoms with Gasteiger partial charge in [0.1, 0.15) is 11.2 Å². The Morgan fingerprint density at radius 3 is 2.68 bits per heavy atom. The molecule has 1 aliphatic rings. The Balaban J connectivity index is 2.16. The summed E-state index contributed by atoms with van der Waals surface area (Å²) in [6.45, 7) is 6.57. The highest BCUT2D eigenvalue weighted by molar-refractivity contribution is 5.88. The van der Waals surface area contributed by atoms with Crippen molar-refractivity contribution in [1.29, 1.82) is 0 Å². The molecule has 0 saturated carbocycles. The molecule has 1 atom stereocenters. The van der Waals surface area contributed by atoms with Crippen LogP contribution in [0.2, 0.25) is 0 Å². The van der Waals surface area contributed by atoms with E-state index in [1.807, 2.05) is 20.8 Å². The first-order valence-corrected chi connectivity index (χ1v) is 7.42. The lowest BCUT2D eigenvalue weighted by molar-refractivity contribution is 0.0196. The summed E-state index contributed by atoms with van der Waals surface area (Å²) in [4.78, 5) is 25.2. The maximum Gasteiger partial charge on any atom is 0.410 e. The first-order valence-electron chi connectivity index (χ1n) is 7.42. The summed E-state index contributed by atoms with van der Waals surface area (Å²) in [6.07, 6.45) is 2.66. The monoisotopic (exact) mass is 309 g/mol. The lowest BCUT2D eigenvalue weighted by Gasteiger charge is -2.34. The molecule has 2 rings (SSSR count). The second-order valence-corrected chi connectivity index (χ2v) is 6.64. The van der Waals surface area contributed by atoms with E-state index in [1.165, 1.54) is 6.20 Å². The van der Waals surface area contributed by atoms with Gasteiger partial charge in [0.25, 0.3) is 0 Å². The third-order valence-corrected chi connectivity index (χ3v) is 3.67. The lowest BCUT2D eigenvalue weighted by atomic mass is 9.92. The smallest absolute Gasteiger partial charge is 0.410 e. The highest BCUT2D eigenvalue weighted by atomic mass is 16.6. The van der Waals surface area contributed by atoms with E-state index in [0.29, 0.717) is 18.8 Å². The van der Waals surface area contributed by atoms with Gasteiger partial charge in [0.05, 0.1) is 11.9 Å². The molecule has 1 N–H and O–H groups in total. The van der Waals surface area contributed by atoms with Gasteiger partial charge in [-0.2, -0.15) is 5.10 Å². The van der Waals surface area contributed by atoms with E-state index in [4.69, 9.17) is 4.74 Å². The van der Waals surface area contributed by atoms with Gasteiger partial charge in [-0.3, -0.25) is 4.68 Å². The number of amides is 1. The van der Waals surface area contributed by atoms with Crippen LogP contribution in [0.4, 0.5) is 4.79 Å². The number of nitrogens with zero attached hydrogens (tertiary/aromatic N) is 3. The van der Waals surface area contributed by atoms with Crippen molar-refractivity contribution >= 4 is 12.1 Å². The average Bonchev–Trinajstić information content (AvgIpc) is 2.79. The second kappa shape index (κ2) is 5.98. The Bertz CT molecular complexity index is 574. The van der Waals surface area contributed by atoms with Crippen molar-refractivity contribution in [2.24, 2.45) is 7.05 Å². The van der Waals surface area contributed by atoms with Crippen LogP contribution in [0, 0.1) is 0 Å². The molecule has 1 aromatic heterocycles. The number of hydrogen-bond donors (Lipinski definition) is 1. The SMILES string of the molecule is Cn1ncc(C(=O)O)c1C1CCCN(C(=O)OC(C)(C)C)C1. The van der Waals surface area contributed by atoms with Crippen molar-refractivity contribution < 1.29 is 19.4 Å². The van der Waals surface area contributed by atoms with E-state index in [-0.39, 0.29) is 17.6 Å². The minimum atomic E-state index is -0.988. The van der Waals surface area contributed by atoms with Crippen molar-refractivity contribution in [3.05, 3.63) is 17.5 Å². The van der Waals surface area contributed by atoms with E-state index in [0.717, 1.165) is 12.8 Å². The fourth-order valence-electron chi connectivity index (χ4n) is 2.79.